The SMILES string of the molecule is CCOC(=O)N1c2ccc(C(F)(F)F)cc2[C@@H](N(CC2C=C(C(F)(F)F)C=C(C#N)C2)c2ncc(OCCCCC(=O)O)cn2)C[C@H]1CC. The van der Waals surface area contributed by atoms with E-state index in [-0.39, 0.29) is 67.5 Å². The molecule has 0 bridgehead atoms. The summed E-state index contributed by atoms with van der Waals surface area (Å²) >= 11 is 0. The smallest absolute Gasteiger partial charge is 0.416 e. The zero-order valence-corrected chi connectivity index (χ0v) is 26.7. The fraction of sp³-hybridized carbons (Fsp3) is 0.485. The van der Waals surface area contributed by atoms with E-state index < -0.39 is 53.6 Å². The highest BCUT2D eigenvalue weighted by atomic mass is 19.4. The van der Waals surface area contributed by atoms with E-state index in [1.165, 1.54) is 28.3 Å². The third-order valence-electron chi connectivity index (χ3n) is 8.20. The molecule has 3 atom stereocenters. The molecule has 1 aromatic heterocycles. The molecule has 4 rings (SSSR count). The lowest BCUT2D eigenvalue weighted by molar-refractivity contribution is -0.138. The van der Waals surface area contributed by atoms with E-state index >= 15 is 0 Å². The summed E-state index contributed by atoms with van der Waals surface area (Å²) in [7, 11) is 0. The monoisotopic (exact) mass is 695 g/mol. The van der Waals surface area contributed by atoms with Crippen molar-refractivity contribution in [2.75, 3.05) is 29.6 Å². The minimum Gasteiger partial charge on any atom is -0.490 e. The Labute approximate surface area is 278 Å². The highest BCUT2D eigenvalue weighted by Gasteiger charge is 2.43. The van der Waals surface area contributed by atoms with Crippen molar-refractivity contribution in [1.29, 1.82) is 5.26 Å². The summed E-state index contributed by atoms with van der Waals surface area (Å²) in [6, 6.07) is 3.22. The number of fused-ring (bicyclic) bond motifs is 1. The molecule has 0 radical (unpaired) electrons. The van der Waals surface area contributed by atoms with E-state index in [1.54, 1.807) is 19.9 Å². The number of amides is 1. The van der Waals surface area contributed by atoms with Gasteiger partial charge in [-0.05, 0) is 68.9 Å². The second-order valence-corrected chi connectivity index (χ2v) is 11.6. The van der Waals surface area contributed by atoms with Crippen LogP contribution in [0.1, 0.15) is 69.5 Å². The van der Waals surface area contributed by atoms with Gasteiger partial charge >= 0.3 is 24.4 Å². The van der Waals surface area contributed by atoms with Crippen LogP contribution >= 0.6 is 0 Å². The molecule has 1 N–H and O–H groups in total. The summed E-state index contributed by atoms with van der Waals surface area (Å²) in [6.45, 7) is 3.34. The van der Waals surface area contributed by atoms with Gasteiger partial charge in [-0.25, -0.2) is 14.8 Å². The van der Waals surface area contributed by atoms with Gasteiger partial charge in [-0.15, -0.1) is 0 Å². The average Bonchev–Trinajstić information content (AvgIpc) is 3.05. The molecule has 2 aliphatic rings. The molecular formula is C33H35F6N5O5. The Kier molecular flexibility index (Phi) is 11.8. The first-order valence-electron chi connectivity index (χ1n) is 15.7. The molecule has 0 fully saturated rings. The Morgan fingerprint density at radius 2 is 1.82 bits per heavy atom. The van der Waals surface area contributed by atoms with Gasteiger partial charge in [0.25, 0.3) is 0 Å². The number of halogens is 6. The van der Waals surface area contributed by atoms with Crippen molar-refractivity contribution in [3.63, 3.8) is 0 Å². The summed E-state index contributed by atoms with van der Waals surface area (Å²) < 4.78 is 94.5. The van der Waals surface area contributed by atoms with Gasteiger partial charge < -0.3 is 19.5 Å². The molecule has 16 heteroatoms. The summed E-state index contributed by atoms with van der Waals surface area (Å²) in [6.07, 6.45) is -4.76. The average molecular weight is 696 g/mol. The Hall–Kier alpha value is -4.81. The number of carboxylic acids is 1. The number of aliphatic carboxylic acids is 1. The predicted octanol–water partition coefficient (Wildman–Crippen LogP) is 7.78. The van der Waals surface area contributed by atoms with Crippen molar-refractivity contribution >= 4 is 23.7 Å². The Morgan fingerprint density at radius 1 is 1.10 bits per heavy atom. The van der Waals surface area contributed by atoms with Crippen molar-refractivity contribution in [1.82, 2.24) is 9.97 Å². The standard InChI is InChI=1S/C33H35F6N5O5/c1-3-24-15-28(26-14-22(32(34,35)36)8-9-27(26)44(24)31(47)48-4-2)43(19-21-11-20(16-40)12-23(13-21)33(37,38)39)30-41-17-25(18-42-30)49-10-6-5-7-29(45)46/h8-9,12-14,17-18,21,24,28H,3-7,10-11,15,19H2,1-2H3,(H,45,46)/t21?,24-,28+/m1/s1. The first kappa shape index (κ1) is 37.0. The molecular weight excluding hydrogens is 660 g/mol. The number of unbranched alkanes of at least 4 members (excludes halogenated alkanes) is 1. The van der Waals surface area contributed by atoms with Crippen LogP contribution in [0.15, 0.2) is 53.9 Å². The van der Waals surface area contributed by atoms with Gasteiger partial charge in [-0.3, -0.25) is 9.69 Å². The Bertz CT molecular complexity index is 1600. The number of carbonyl (C=O) groups is 2. The summed E-state index contributed by atoms with van der Waals surface area (Å²) in [4.78, 5) is 35.4. The highest BCUT2D eigenvalue weighted by Crippen LogP contribution is 2.46. The number of allylic oxidation sites excluding steroid dienone is 3. The Morgan fingerprint density at radius 3 is 2.41 bits per heavy atom. The quantitative estimate of drug-likeness (QED) is 0.175. The zero-order valence-electron chi connectivity index (χ0n) is 26.7. The summed E-state index contributed by atoms with van der Waals surface area (Å²) in [5.74, 6) is -1.67. The summed E-state index contributed by atoms with van der Waals surface area (Å²) in [5, 5.41) is 18.3. The molecule has 1 unspecified atom stereocenters. The zero-order chi connectivity index (χ0) is 35.9. The van der Waals surface area contributed by atoms with Crippen molar-refractivity contribution in [3.05, 3.63) is 65.0 Å². The lowest BCUT2D eigenvalue weighted by Crippen LogP contribution is -2.49. The third-order valence-corrected chi connectivity index (χ3v) is 8.20. The third kappa shape index (κ3) is 9.21. The minimum absolute atomic E-state index is 0.0173. The molecule has 49 heavy (non-hydrogen) atoms. The number of carboxylic acid groups (broad SMARTS) is 1. The van der Waals surface area contributed by atoms with Gasteiger partial charge in [0, 0.05) is 30.5 Å². The maximum absolute atomic E-state index is 14.0. The molecule has 264 valence electrons. The first-order chi connectivity index (χ1) is 23.2. The Balaban J connectivity index is 1.80. The van der Waals surface area contributed by atoms with Gasteiger partial charge in [0.1, 0.15) is 0 Å². The molecule has 1 aliphatic heterocycles. The highest BCUT2D eigenvalue weighted by molar-refractivity contribution is 5.90. The van der Waals surface area contributed by atoms with Crippen LogP contribution in [0, 0.1) is 17.2 Å². The van der Waals surface area contributed by atoms with Crippen LogP contribution < -0.4 is 14.5 Å². The number of nitrogens with zero attached hydrogens (tertiary/aromatic N) is 5. The lowest BCUT2D eigenvalue weighted by atomic mass is 9.86. The predicted molar refractivity (Wildman–Crippen MR) is 165 cm³/mol. The molecule has 0 saturated heterocycles. The van der Waals surface area contributed by atoms with Gasteiger partial charge in [0.15, 0.2) is 5.75 Å². The fourth-order valence-electron chi connectivity index (χ4n) is 5.95. The van der Waals surface area contributed by atoms with Gasteiger partial charge in [0.2, 0.25) is 5.95 Å². The number of ether oxygens (including phenoxy) is 2. The lowest BCUT2D eigenvalue weighted by Gasteiger charge is -2.45. The number of benzene rings is 1. The minimum atomic E-state index is -4.75. The molecule has 2 heterocycles. The van der Waals surface area contributed by atoms with Crippen molar-refractivity contribution in [2.45, 2.75) is 76.8 Å². The largest absolute Gasteiger partial charge is 0.490 e. The molecule has 2 aromatic rings. The maximum atomic E-state index is 14.0. The topological polar surface area (TPSA) is 129 Å². The van der Waals surface area contributed by atoms with E-state index in [2.05, 4.69) is 9.97 Å². The van der Waals surface area contributed by atoms with E-state index in [9.17, 15) is 41.2 Å². The number of hydrogen-bond donors (Lipinski definition) is 1. The van der Waals surface area contributed by atoms with Crippen LogP contribution in [0.2, 0.25) is 0 Å². The van der Waals surface area contributed by atoms with Crippen molar-refractivity contribution in [3.8, 4) is 11.8 Å². The van der Waals surface area contributed by atoms with E-state index in [1.807, 2.05) is 0 Å². The van der Waals surface area contributed by atoms with E-state index in [0.717, 1.165) is 24.3 Å². The van der Waals surface area contributed by atoms with Crippen LogP contribution in [0.5, 0.6) is 5.75 Å². The normalized spacial score (nSPS) is 19.2. The van der Waals surface area contributed by atoms with Crippen LogP contribution in [-0.4, -0.2) is 59.1 Å². The second kappa shape index (κ2) is 15.6. The van der Waals surface area contributed by atoms with Crippen molar-refractivity contribution < 1.29 is 50.5 Å². The van der Waals surface area contributed by atoms with Gasteiger partial charge in [0.05, 0.1) is 54.5 Å². The molecule has 1 amide bonds. The maximum Gasteiger partial charge on any atom is 0.416 e. The van der Waals surface area contributed by atoms with Gasteiger partial charge in [-0.1, -0.05) is 13.0 Å². The van der Waals surface area contributed by atoms with Gasteiger partial charge in [-0.2, -0.15) is 31.6 Å². The van der Waals surface area contributed by atoms with Crippen LogP contribution in [-0.2, 0) is 15.7 Å². The molecule has 1 aliphatic carbocycles. The fourth-order valence-corrected chi connectivity index (χ4v) is 5.95. The molecule has 0 spiro atoms. The van der Waals surface area contributed by atoms with Crippen LogP contribution in [0.25, 0.3) is 0 Å². The van der Waals surface area contributed by atoms with Crippen LogP contribution in [0.4, 0.5) is 42.8 Å². The second-order valence-electron chi connectivity index (χ2n) is 11.6. The first-order valence-corrected chi connectivity index (χ1v) is 15.7. The number of carbonyl (C=O) groups excluding carboxylic acids is 1. The number of hydrogen-bond acceptors (Lipinski definition) is 8. The van der Waals surface area contributed by atoms with E-state index in [4.69, 9.17) is 14.6 Å². The number of aromatic nitrogens is 2. The van der Waals surface area contributed by atoms with E-state index in [0.29, 0.717) is 19.3 Å². The summed E-state index contributed by atoms with van der Waals surface area (Å²) in [5.41, 5.74) is -1.91. The number of anilines is 2. The van der Waals surface area contributed by atoms with Crippen molar-refractivity contribution in [2.24, 2.45) is 5.92 Å². The number of rotatable bonds is 12. The molecule has 1 aromatic carbocycles. The molecule has 0 saturated carbocycles. The van der Waals surface area contributed by atoms with Crippen LogP contribution in [0.3, 0.4) is 0 Å². The molecule has 10 nitrogen and oxygen atoms in total. The number of alkyl halides is 6. The number of nitriles is 1.